The third-order valence-electron chi connectivity index (χ3n) is 1.97. The Hall–Kier alpha value is -2.44. The van der Waals surface area contributed by atoms with E-state index in [1.165, 1.54) is 18.3 Å². The molecule has 2 rings (SSSR count). The van der Waals surface area contributed by atoms with Gasteiger partial charge in [-0.3, -0.25) is 10.1 Å². The number of aromatic amines is 1. The number of anilines is 1. The summed E-state index contributed by atoms with van der Waals surface area (Å²) in [4.78, 5) is 20.8. The average molecular weight is 219 g/mol. The number of nitrogens with zero attached hydrogens (tertiary/aromatic N) is 3. The molecule has 0 aliphatic heterocycles. The van der Waals surface area contributed by atoms with Crippen LogP contribution in [0.3, 0.4) is 0 Å². The van der Waals surface area contributed by atoms with Crippen LogP contribution in [-0.4, -0.2) is 19.9 Å². The van der Waals surface area contributed by atoms with Crippen LogP contribution in [-0.2, 0) is 6.54 Å². The maximum Gasteiger partial charge on any atom is 0.274 e. The van der Waals surface area contributed by atoms with Gasteiger partial charge in [0.15, 0.2) is 0 Å². The van der Waals surface area contributed by atoms with Crippen LogP contribution in [0.15, 0.2) is 30.9 Å². The highest BCUT2D eigenvalue weighted by Gasteiger charge is 2.06. The molecule has 2 aromatic rings. The Kier molecular flexibility index (Phi) is 2.77. The largest absolute Gasteiger partial charge is 0.364 e. The summed E-state index contributed by atoms with van der Waals surface area (Å²) in [6, 6.07) is 2.73. The van der Waals surface area contributed by atoms with Gasteiger partial charge in [0.1, 0.15) is 5.82 Å². The van der Waals surface area contributed by atoms with Gasteiger partial charge in [-0.15, -0.1) is 0 Å². The first kappa shape index (κ1) is 10.1. The Morgan fingerprint density at radius 2 is 2.44 bits per heavy atom. The minimum absolute atomic E-state index is 0.0158. The fraction of sp³-hybridized carbons (Fsp3) is 0.111. The number of rotatable bonds is 4. The maximum absolute atomic E-state index is 10.5. The van der Waals surface area contributed by atoms with Crippen LogP contribution in [0, 0.1) is 10.1 Å². The van der Waals surface area contributed by atoms with Crippen molar-refractivity contribution in [3.05, 3.63) is 46.7 Å². The van der Waals surface area contributed by atoms with Crippen LogP contribution < -0.4 is 5.32 Å². The molecule has 2 aromatic heterocycles. The Morgan fingerprint density at radius 1 is 1.56 bits per heavy atom. The molecule has 0 fully saturated rings. The van der Waals surface area contributed by atoms with Crippen molar-refractivity contribution < 1.29 is 4.92 Å². The molecule has 7 nitrogen and oxygen atoms in total. The predicted molar refractivity (Wildman–Crippen MR) is 56.8 cm³/mol. The number of nitrogens with one attached hydrogen (secondary N) is 2. The summed E-state index contributed by atoms with van der Waals surface area (Å²) < 4.78 is 0. The van der Waals surface area contributed by atoms with Gasteiger partial charge in [-0.1, -0.05) is 0 Å². The normalized spacial score (nSPS) is 10.0. The van der Waals surface area contributed by atoms with Gasteiger partial charge < -0.3 is 10.3 Å². The van der Waals surface area contributed by atoms with E-state index in [1.54, 1.807) is 12.5 Å². The first-order valence-electron chi connectivity index (χ1n) is 4.57. The predicted octanol–water partition coefficient (Wildman–Crippen LogP) is 1.32. The summed E-state index contributed by atoms with van der Waals surface area (Å²) in [5.74, 6) is 0.462. The van der Waals surface area contributed by atoms with Gasteiger partial charge in [-0.25, -0.2) is 9.97 Å². The second kappa shape index (κ2) is 4.39. The van der Waals surface area contributed by atoms with Gasteiger partial charge in [0.25, 0.3) is 5.69 Å². The lowest BCUT2D eigenvalue weighted by molar-refractivity contribution is -0.384. The number of H-pyrrole nitrogens is 1. The molecule has 0 aromatic carbocycles. The molecule has 0 unspecified atom stereocenters. The first-order valence-corrected chi connectivity index (χ1v) is 4.57. The van der Waals surface area contributed by atoms with Crippen molar-refractivity contribution in [2.75, 3.05) is 5.32 Å². The molecule has 0 spiro atoms. The highest BCUT2D eigenvalue weighted by atomic mass is 16.6. The summed E-state index contributed by atoms with van der Waals surface area (Å²) >= 11 is 0. The highest BCUT2D eigenvalue weighted by molar-refractivity contribution is 5.44. The molecule has 0 bridgehead atoms. The molecule has 0 atom stereocenters. The Labute approximate surface area is 90.7 Å². The topological polar surface area (TPSA) is 96.7 Å². The lowest BCUT2D eigenvalue weighted by Crippen LogP contribution is -2.02. The van der Waals surface area contributed by atoms with E-state index in [0.717, 1.165) is 5.69 Å². The minimum atomic E-state index is -0.455. The molecule has 0 aliphatic rings. The second-order valence-electron chi connectivity index (χ2n) is 3.09. The molecule has 16 heavy (non-hydrogen) atoms. The minimum Gasteiger partial charge on any atom is -0.364 e. The lowest BCUT2D eigenvalue weighted by atomic mass is 10.4. The van der Waals surface area contributed by atoms with E-state index in [0.29, 0.717) is 12.4 Å². The Morgan fingerprint density at radius 3 is 3.12 bits per heavy atom. The Balaban J connectivity index is 2.04. The van der Waals surface area contributed by atoms with Crippen LogP contribution >= 0.6 is 0 Å². The molecule has 0 saturated carbocycles. The van der Waals surface area contributed by atoms with Crippen LogP contribution in [0.4, 0.5) is 11.5 Å². The van der Waals surface area contributed by atoms with Crippen LogP contribution in [0.25, 0.3) is 0 Å². The molecule has 0 aliphatic carbocycles. The fourth-order valence-electron chi connectivity index (χ4n) is 1.20. The van der Waals surface area contributed by atoms with Crippen molar-refractivity contribution in [1.29, 1.82) is 0 Å². The van der Waals surface area contributed by atoms with E-state index >= 15 is 0 Å². The van der Waals surface area contributed by atoms with Gasteiger partial charge in [0, 0.05) is 18.5 Å². The molecule has 0 amide bonds. The summed E-state index contributed by atoms with van der Waals surface area (Å²) in [7, 11) is 0. The van der Waals surface area contributed by atoms with Crippen molar-refractivity contribution in [3.8, 4) is 0 Å². The molecule has 2 heterocycles. The summed E-state index contributed by atoms with van der Waals surface area (Å²) in [6.45, 7) is 0.494. The molecular formula is C9H9N5O2. The second-order valence-corrected chi connectivity index (χ2v) is 3.09. The zero-order chi connectivity index (χ0) is 11.4. The number of pyridine rings is 1. The van der Waals surface area contributed by atoms with Gasteiger partial charge in [-0.2, -0.15) is 0 Å². The average Bonchev–Trinajstić information content (AvgIpc) is 2.79. The zero-order valence-electron chi connectivity index (χ0n) is 8.25. The van der Waals surface area contributed by atoms with Crippen molar-refractivity contribution in [2.45, 2.75) is 6.54 Å². The molecule has 82 valence electrons. The zero-order valence-corrected chi connectivity index (χ0v) is 8.25. The van der Waals surface area contributed by atoms with Gasteiger partial charge in [-0.05, 0) is 0 Å². The van der Waals surface area contributed by atoms with E-state index in [-0.39, 0.29) is 5.69 Å². The van der Waals surface area contributed by atoms with Crippen molar-refractivity contribution in [2.24, 2.45) is 0 Å². The fourth-order valence-corrected chi connectivity index (χ4v) is 1.20. The van der Waals surface area contributed by atoms with Gasteiger partial charge in [0.05, 0.1) is 29.6 Å². The number of aromatic nitrogens is 3. The third kappa shape index (κ3) is 2.32. The maximum atomic E-state index is 10.5. The number of hydrogen-bond donors (Lipinski definition) is 2. The third-order valence-corrected chi connectivity index (χ3v) is 1.97. The summed E-state index contributed by atoms with van der Waals surface area (Å²) in [5, 5.41) is 13.5. The van der Waals surface area contributed by atoms with Gasteiger partial charge in [0.2, 0.25) is 0 Å². The highest BCUT2D eigenvalue weighted by Crippen LogP contribution is 2.14. The summed E-state index contributed by atoms with van der Waals surface area (Å²) in [6.07, 6.45) is 4.63. The molecule has 2 N–H and O–H groups in total. The number of imidazole rings is 1. The monoisotopic (exact) mass is 219 g/mol. The van der Waals surface area contributed by atoms with Crippen LogP contribution in [0.1, 0.15) is 5.69 Å². The number of nitro groups is 1. The standard InChI is InChI=1S/C9H9N5O2/c15-14(16)8-1-2-11-9(3-8)12-5-7-4-10-6-13-7/h1-4,6H,5H2,(H,10,13)(H,11,12). The molecule has 0 saturated heterocycles. The van der Waals surface area contributed by atoms with Crippen molar-refractivity contribution in [3.63, 3.8) is 0 Å². The molecular weight excluding hydrogens is 210 g/mol. The van der Waals surface area contributed by atoms with Crippen molar-refractivity contribution >= 4 is 11.5 Å². The Bertz CT molecular complexity index is 482. The van der Waals surface area contributed by atoms with Crippen LogP contribution in [0.2, 0.25) is 0 Å². The van der Waals surface area contributed by atoms with E-state index in [2.05, 4.69) is 20.3 Å². The number of hydrogen-bond acceptors (Lipinski definition) is 5. The smallest absolute Gasteiger partial charge is 0.274 e. The summed E-state index contributed by atoms with van der Waals surface area (Å²) in [5.41, 5.74) is 0.899. The van der Waals surface area contributed by atoms with E-state index < -0.39 is 4.92 Å². The van der Waals surface area contributed by atoms with E-state index in [1.807, 2.05) is 0 Å². The van der Waals surface area contributed by atoms with E-state index in [9.17, 15) is 10.1 Å². The van der Waals surface area contributed by atoms with Gasteiger partial charge >= 0.3 is 0 Å². The quantitative estimate of drug-likeness (QED) is 0.597. The molecule has 7 heteroatoms. The van der Waals surface area contributed by atoms with Crippen molar-refractivity contribution in [1.82, 2.24) is 15.0 Å². The SMILES string of the molecule is O=[N+]([O-])c1ccnc(NCc2cnc[nH]2)c1. The first-order chi connectivity index (χ1) is 7.75. The lowest BCUT2D eigenvalue weighted by Gasteiger charge is -2.02. The molecule has 0 radical (unpaired) electrons. The van der Waals surface area contributed by atoms with Crippen LogP contribution in [0.5, 0.6) is 0 Å². The van der Waals surface area contributed by atoms with E-state index in [4.69, 9.17) is 0 Å².